The van der Waals surface area contributed by atoms with E-state index in [4.69, 9.17) is 11.6 Å². The van der Waals surface area contributed by atoms with Gasteiger partial charge in [0.25, 0.3) is 5.91 Å². The number of aromatic nitrogens is 4. The number of amides is 1. The molecule has 0 radical (unpaired) electrons. The number of nitrogens with one attached hydrogen (secondary N) is 1. The van der Waals surface area contributed by atoms with Crippen LogP contribution >= 0.6 is 11.6 Å². The van der Waals surface area contributed by atoms with E-state index >= 15 is 0 Å². The number of hydrogen-bond acceptors (Lipinski definition) is 4. The molecule has 0 aliphatic heterocycles. The Morgan fingerprint density at radius 2 is 2.28 bits per heavy atom. The quantitative estimate of drug-likeness (QED) is 0.852. The molecule has 0 aliphatic rings. The number of carbonyl (C=O) groups is 1. The number of aryl methyl sites for hydroxylation is 1. The largest absolute Gasteiger partial charge is 0.336 e. The highest BCUT2D eigenvalue weighted by Crippen LogP contribution is 2.09. The average Bonchev–Trinajstić information content (AvgIpc) is 2.79. The van der Waals surface area contributed by atoms with Crippen LogP contribution in [0.1, 0.15) is 21.7 Å². The molecule has 0 spiro atoms. The number of rotatable bonds is 3. The number of nitrogens with zero attached hydrogens (tertiary/aromatic N) is 4. The maximum atomic E-state index is 12.1. The van der Waals surface area contributed by atoms with Gasteiger partial charge in [0.2, 0.25) is 5.28 Å². The predicted octanol–water partition coefficient (Wildman–Crippen LogP) is 1.43. The van der Waals surface area contributed by atoms with Gasteiger partial charge in [-0.25, -0.2) is 9.97 Å². The van der Waals surface area contributed by atoms with E-state index in [9.17, 15) is 4.79 Å². The highest BCUT2D eigenvalue weighted by atomic mass is 35.5. The molecule has 0 aliphatic carbocycles. The van der Waals surface area contributed by atoms with E-state index < -0.39 is 0 Å². The standard InChI is InChI=1S/C11H12ClN5O/c1-7-3-9(16-11(12)15-7)10(18)17(2)6-8-4-13-14-5-8/h3-5H,6H2,1-2H3,(H,13,14). The van der Waals surface area contributed by atoms with Crippen molar-refractivity contribution in [2.45, 2.75) is 13.5 Å². The van der Waals surface area contributed by atoms with Gasteiger partial charge in [-0.15, -0.1) is 0 Å². The van der Waals surface area contributed by atoms with Crippen LogP contribution in [0.4, 0.5) is 0 Å². The minimum Gasteiger partial charge on any atom is -0.336 e. The molecule has 0 fully saturated rings. The van der Waals surface area contributed by atoms with Gasteiger partial charge in [0.1, 0.15) is 5.69 Å². The maximum absolute atomic E-state index is 12.1. The molecule has 18 heavy (non-hydrogen) atoms. The minimum absolute atomic E-state index is 0.0788. The molecule has 0 bridgehead atoms. The summed E-state index contributed by atoms with van der Waals surface area (Å²) in [6.07, 6.45) is 3.41. The summed E-state index contributed by atoms with van der Waals surface area (Å²) >= 11 is 5.73. The Hall–Kier alpha value is -1.95. The third kappa shape index (κ3) is 2.84. The fraction of sp³-hybridized carbons (Fsp3) is 0.273. The summed E-state index contributed by atoms with van der Waals surface area (Å²) in [5.41, 5.74) is 1.87. The Kier molecular flexibility index (Phi) is 3.57. The van der Waals surface area contributed by atoms with Crippen molar-refractivity contribution in [3.63, 3.8) is 0 Å². The lowest BCUT2D eigenvalue weighted by molar-refractivity contribution is 0.0779. The van der Waals surface area contributed by atoms with E-state index in [1.54, 1.807) is 37.3 Å². The van der Waals surface area contributed by atoms with Crippen LogP contribution in [0.15, 0.2) is 18.5 Å². The predicted molar refractivity (Wildman–Crippen MR) is 66.2 cm³/mol. The van der Waals surface area contributed by atoms with Crippen LogP contribution in [0, 0.1) is 6.92 Å². The number of halogens is 1. The first-order valence-electron chi connectivity index (χ1n) is 5.30. The van der Waals surface area contributed by atoms with Gasteiger partial charge in [-0.2, -0.15) is 5.10 Å². The molecule has 0 atom stereocenters. The Labute approximate surface area is 109 Å². The van der Waals surface area contributed by atoms with Gasteiger partial charge in [0, 0.05) is 31.0 Å². The monoisotopic (exact) mass is 265 g/mol. The Morgan fingerprint density at radius 3 is 2.89 bits per heavy atom. The summed E-state index contributed by atoms with van der Waals surface area (Å²) in [4.78, 5) is 21.5. The third-order valence-corrected chi connectivity index (χ3v) is 2.54. The van der Waals surface area contributed by atoms with Crippen molar-refractivity contribution in [2.75, 3.05) is 7.05 Å². The second-order valence-electron chi connectivity index (χ2n) is 3.93. The minimum atomic E-state index is -0.205. The Balaban J connectivity index is 2.15. The zero-order valence-corrected chi connectivity index (χ0v) is 10.8. The molecule has 0 aromatic carbocycles. The summed E-state index contributed by atoms with van der Waals surface area (Å²) < 4.78 is 0. The first-order valence-corrected chi connectivity index (χ1v) is 5.68. The molecule has 1 N–H and O–H groups in total. The van der Waals surface area contributed by atoms with E-state index in [0.717, 1.165) is 5.56 Å². The molecule has 94 valence electrons. The van der Waals surface area contributed by atoms with Gasteiger partial charge >= 0.3 is 0 Å². The zero-order valence-electron chi connectivity index (χ0n) is 10.0. The lowest BCUT2D eigenvalue weighted by atomic mass is 10.3. The van der Waals surface area contributed by atoms with E-state index in [-0.39, 0.29) is 11.2 Å². The van der Waals surface area contributed by atoms with Crippen molar-refractivity contribution >= 4 is 17.5 Å². The molecular formula is C11H12ClN5O. The lowest BCUT2D eigenvalue weighted by Gasteiger charge is -2.15. The van der Waals surface area contributed by atoms with Crippen LogP contribution in [-0.4, -0.2) is 38.0 Å². The molecule has 0 saturated carbocycles. The summed E-state index contributed by atoms with van der Waals surface area (Å²) in [5.74, 6) is -0.205. The van der Waals surface area contributed by atoms with Gasteiger partial charge in [0.05, 0.1) is 6.20 Å². The van der Waals surface area contributed by atoms with Gasteiger partial charge in [-0.1, -0.05) is 0 Å². The molecule has 0 saturated heterocycles. The van der Waals surface area contributed by atoms with Crippen molar-refractivity contribution < 1.29 is 4.79 Å². The van der Waals surface area contributed by atoms with Crippen molar-refractivity contribution in [2.24, 2.45) is 0 Å². The van der Waals surface area contributed by atoms with Crippen LogP contribution < -0.4 is 0 Å². The Bertz CT molecular complexity index is 534. The number of carbonyl (C=O) groups excluding carboxylic acids is 1. The van der Waals surface area contributed by atoms with Crippen molar-refractivity contribution in [3.05, 3.63) is 40.7 Å². The molecule has 1 amide bonds. The average molecular weight is 266 g/mol. The van der Waals surface area contributed by atoms with Crippen molar-refractivity contribution in [1.82, 2.24) is 25.1 Å². The molecule has 2 rings (SSSR count). The molecule has 2 aromatic rings. The topological polar surface area (TPSA) is 74.8 Å². The molecule has 0 unspecified atom stereocenters. The number of aromatic amines is 1. The number of H-pyrrole nitrogens is 1. The van der Waals surface area contributed by atoms with Crippen LogP contribution in [-0.2, 0) is 6.54 Å². The van der Waals surface area contributed by atoms with E-state index in [1.165, 1.54) is 0 Å². The zero-order chi connectivity index (χ0) is 13.1. The second kappa shape index (κ2) is 5.14. The molecular weight excluding hydrogens is 254 g/mol. The molecule has 2 heterocycles. The second-order valence-corrected chi connectivity index (χ2v) is 4.27. The molecule has 6 nitrogen and oxygen atoms in total. The van der Waals surface area contributed by atoms with Crippen LogP contribution in [0.25, 0.3) is 0 Å². The van der Waals surface area contributed by atoms with Crippen molar-refractivity contribution in [1.29, 1.82) is 0 Å². The number of hydrogen-bond donors (Lipinski definition) is 1. The highest BCUT2D eigenvalue weighted by molar-refractivity contribution is 6.28. The summed E-state index contributed by atoms with van der Waals surface area (Å²) in [6.45, 7) is 2.22. The van der Waals surface area contributed by atoms with Crippen molar-refractivity contribution in [3.8, 4) is 0 Å². The third-order valence-electron chi connectivity index (χ3n) is 2.37. The normalized spacial score (nSPS) is 10.4. The van der Waals surface area contributed by atoms with Gasteiger partial charge in [0.15, 0.2) is 0 Å². The summed E-state index contributed by atoms with van der Waals surface area (Å²) in [5, 5.41) is 6.60. The summed E-state index contributed by atoms with van der Waals surface area (Å²) in [6, 6.07) is 1.61. The fourth-order valence-electron chi connectivity index (χ4n) is 1.55. The van der Waals surface area contributed by atoms with Crippen LogP contribution in [0.5, 0.6) is 0 Å². The summed E-state index contributed by atoms with van der Waals surface area (Å²) in [7, 11) is 1.70. The van der Waals surface area contributed by atoms with Gasteiger partial charge < -0.3 is 4.90 Å². The Morgan fingerprint density at radius 1 is 1.50 bits per heavy atom. The molecule has 2 aromatic heterocycles. The molecule has 7 heteroatoms. The van der Waals surface area contributed by atoms with Gasteiger partial charge in [-0.05, 0) is 24.6 Å². The van der Waals surface area contributed by atoms with E-state index in [2.05, 4.69) is 20.2 Å². The highest BCUT2D eigenvalue weighted by Gasteiger charge is 2.15. The smallest absolute Gasteiger partial charge is 0.272 e. The fourth-order valence-corrected chi connectivity index (χ4v) is 1.77. The van der Waals surface area contributed by atoms with Crippen LogP contribution in [0.2, 0.25) is 5.28 Å². The van der Waals surface area contributed by atoms with E-state index in [1.807, 2.05) is 0 Å². The first kappa shape index (κ1) is 12.5. The first-order chi connectivity index (χ1) is 8.56. The van der Waals surface area contributed by atoms with Gasteiger partial charge in [-0.3, -0.25) is 9.89 Å². The van der Waals surface area contributed by atoms with E-state index in [0.29, 0.717) is 17.9 Å². The maximum Gasteiger partial charge on any atom is 0.272 e. The SMILES string of the molecule is Cc1cc(C(=O)N(C)Cc2cn[nH]c2)nc(Cl)n1. The lowest BCUT2D eigenvalue weighted by Crippen LogP contribution is -2.27. The van der Waals surface area contributed by atoms with Crippen LogP contribution in [0.3, 0.4) is 0 Å².